The molecule has 1 fully saturated rings. The highest BCUT2D eigenvalue weighted by molar-refractivity contribution is 6.04. The van der Waals surface area contributed by atoms with E-state index in [4.69, 9.17) is 5.73 Å². The predicted octanol–water partition coefficient (Wildman–Crippen LogP) is 4.17. The first kappa shape index (κ1) is 24.5. The number of rotatable bonds is 6. The van der Waals surface area contributed by atoms with E-state index in [0.717, 1.165) is 35.0 Å². The van der Waals surface area contributed by atoms with Crippen molar-refractivity contribution in [2.75, 3.05) is 17.7 Å². The summed E-state index contributed by atoms with van der Waals surface area (Å²) in [6, 6.07) is 16.0. The third-order valence-electron chi connectivity index (χ3n) is 7.25. The van der Waals surface area contributed by atoms with Crippen LogP contribution >= 0.6 is 0 Å². The molecule has 2 aromatic carbocycles. The van der Waals surface area contributed by atoms with Gasteiger partial charge in [-0.25, -0.2) is 14.4 Å². The van der Waals surface area contributed by atoms with Crippen LogP contribution in [0, 0.1) is 11.7 Å². The van der Waals surface area contributed by atoms with Crippen molar-refractivity contribution in [2.24, 2.45) is 5.92 Å². The van der Waals surface area contributed by atoms with Crippen molar-refractivity contribution in [1.82, 2.24) is 19.1 Å². The zero-order chi connectivity index (χ0) is 27.1. The van der Waals surface area contributed by atoms with Gasteiger partial charge in [0, 0.05) is 42.0 Å². The maximum absolute atomic E-state index is 13.3. The highest BCUT2D eigenvalue weighted by Gasteiger charge is 2.32. The second-order valence-electron chi connectivity index (χ2n) is 9.69. The summed E-state index contributed by atoms with van der Waals surface area (Å²) in [5, 5.41) is 13.0. The number of carbonyl (C=O) groups excluding carboxylic acids is 1. The molecular formula is C29H25FN6O3. The highest BCUT2D eigenvalue weighted by Crippen LogP contribution is 2.42. The molecule has 4 N–H and O–H groups in total. The van der Waals surface area contributed by atoms with Crippen molar-refractivity contribution in [1.29, 1.82) is 0 Å². The summed E-state index contributed by atoms with van der Waals surface area (Å²) >= 11 is 0. The molecule has 0 atom stereocenters. The van der Waals surface area contributed by atoms with Crippen LogP contribution in [-0.4, -0.2) is 36.7 Å². The van der Waals surface area contributed by atoms with Crippen molar-refractivity contribution < 1.29 is 14.3 Å². The van der Waals surface area contributed by atoms with Crippen LogP contribution < -0.4 is 16.6 Å². The average Bonchev–Trinajstić information content (AvgIpc) is 3.30. The molecule has 6 rings (SSSR count). The second kappa shape index (κ2) is 9.80. The van der Waals surface area contributed by atoms with E-state index in [9.17, 15) is 19.1 Å². The number of pyridine rings is 1. The Bertz CT molecular complexity index is 1740. The van der Waals surface area contributed by atoms with Gasteiger partial charge in [0.05, 0.1) is 5.39 Å². The lowest BCUT2D eigenvalue weighted by atomic mass is 9.81. The van der Waals surface area contributed by atoms with Crippen LogP contribution in [0.2, 0.25) is 0 Å². The SMILES string of the molecule is Nc1ncnc2c1c(-c1ccc(NC(=O)c3cccn(-c4ccc(F)cc4)c3=O)cc1)cn2C1CC(CO)C1. The van der Waals surface area contributed by atoms with Crippen LogP contribution in [0.25, 0.3) is 27.8 Å². The predicted molar refractivity (Wildman–Crippen MR) is 146 cm³/mol. The van der Waals surface area contributed by atoms with Gasteiger partial charge in [0.15, 0.2) is 0 Å². The summed E-state index contributed by atoms with van der Waals surface area (Å²) in [4.78, 5) is 34.6. The summed E-state index contributed by atoms with van der Waals surface area (Å²) in [5.74, 6) is -0.294. The van der Waals surface area contributed by atoms with Crippen LogP contribution in [0.3, 0.4) is 0 Å². The van der Waals surface area contributed by atoms with Gasteiger partial charge in [0.1, 0.15) is 29.2 Å². The van der Waals surface area contributed by atoms with Crippen molar-refractivity contribution in [3.8, 4) is 16.8 Å². The molecule has 0 saturated heterocycles. The van der Waals surface area contributed by atoms with E-state index in [2.05, 4.69) is 19.9 Å². The summed E-state index contributed by atoms with van der Waals surface area (Å²) in [5.41, 5.74) is 9.15. The number of carbonyl (C=O) groups is 1. The number of halogens is 1. The van der Waals surface area contributed by atoms with E-state index < -0.39 is 17.3 Å². The molecule has 1 aliphatic carbocycles. The standard InChI is InChI=1S/C29H25FN6O3/c30-19-5-9-21(10-6-19)35-11-1-2-23(29(35)39)28(38)34-20-7-3-18(4-8-20)24-14-36(22-12-17(13-22)15-37)27-25(24)26(31)32-16-33-27/h1-11,14,16-17,22,37H,12-13,15H2,(H,34,38)(H2,31,32,33). The number of nitrogens with one attached hydrogen (secondary N) is 1. The van der Waals surface area contributed by atoms with Gasteiger partial charge >= 0.3 is 0 Å². The molecule has 1 saturated carbocycles. The number of nitrogens with two attached hydrogens (primary N) is 1. The number of fused-ring (bicyclic) bond motifs is 1. The van der Waals surface area contributed by atoms with Gasteiger partial charge in [-0.1, -0.05) is 12.1 Å². The number of aliphatic hydroxyl groups is 1. The van der Waals surface area contributed by atoms with Gasteiger partial charge < -0.3 is 20.7 Å². The first-order valence-corrected chi connectivity index (χ1v) is 12.5. The highest BCUT2D eigenvalue weighted by atomic mass is 19.1. The first-order chi connectivity index (χ1) is 18.9. The number of aromatic nitrogens is 4. The van der Waals surface area contributed by atoms with E-state index in [1.54, 1.807) is 18.2 Å². The molecule has 0 bridgehead atoms. The Morgan fingerprint density at radius 2 is 1.82 bits per heavy atom. The Labute approximate surface area is 222 Å². The minimum absolute atomic E-state index is 0.0411. The molecule has 0 radical (unpaired) electrons. The second-order valence-corrected chi connectivity index (χ2v) is 9.69. The van der Waals surface area contributed by atoms with Gasteiger partial charge in [-0.15, -0.1) is 0 Å². The molecule has 5 aromatic rings. The van der Waals surface area contributed by atoms with Gasteiger partial charge in [0.25, 0.3) is 11.5 Å². The fourth-order valence-corrected chi connectivity index (χ4v) is 5.09. The van der Waals surface area contributed by atoms with Crippen molar-refractivity contribution in [3.05, 3.63) is 101 Å². The number of aliphatic hydroxyl groups excluding tert-OH is 1. The molecule has 0 spiro atoms. The summed E-state index contributed by atoms with van der Waals surface area (Å²) < 4.78 is 16.7. The Balaban J connectivity index is 1.26. The zero-order valence-corrected chi connectivity index (χ0v) is 20.8. The number of amides is 1. The number of benzene rings is 2. The molecule has 196 valence electrons. The molecule has 0 unspecified atom stereocenters. The Morgan fingerprint density at radius 1 is 1.08 bits per heavy atom. The quantitative estimate of drug-likeness (QED) is 0.306. The van der Waals surface area contributed by atoms with E-state index in [1.165, 1.54) is 47.4 Å². The monoisotopic (exact) mass is 524 g/mol. The number of nitrogens with zero attached hydrogens (tertiary/aromatic N) is 4. The van der Waals surface area contributed by atoms with Crippen LogP contribution in [0.1, 0.15) is 29.2 Å². The fourth-order valence-electron chi connectivity index (χ4n) is 5.09. The van der Waals surface area contributed by atoms with E-state index in [0.29, 0.717) is 23.1 Å². The lowest BCUT2D eigenvalue weighted by Gasteiger charge is -2.35. The third-order valence-corrected chi connectivity index (χ3v) is 7.25. The number of anilines is 2. The summed E-state index contributed by atoms with van der Waals surface area (Å²) in [6.07, 6.45) is 6.74. The molecular weight excluding hydrogens is 499 g/mol. The molecule has 10 heteroatoms. The average molecular weight is 525 g/mol. The normalized spacial score (nSPS) is 16.7. The van der Waals surface area contributed by atoms with E-state index >= 15 is 0 Å². The molecule has 39 heavy (non-hydrogen) atoms. The van der Waals surface area contributed by atoms with Gasteiger partial charge in [-0.2, -0.15) is 0 Å². The molecule has 3 heterocycles. The molecule has 1 amide bonds. The number of hydrogen-bond donors (Lipinski definition) is 3. The van der Waals surface area contributed by atoms with Crippen LogP contribution in [0.4, 0.5) is 15.9 Å². The summed E-state index contributed by atoms with van der Waals surface area (Å²) in [6.45, 7) is 0.177. The minimum atomic E-state index is -0.554. The molecule has 9 nitrogen and oxygen atoms in total. The van der Waals surface area contributed by atoms with Crippen LogP contribution in [-0.2, 0) is 0 Å². The molecule has 1 aliphatic rings. The summed E-state index contributed by atoms with van der Waals surface area (Å²) in [7, 11) is 0. The zero-order valence-electron chi connectivity index (χ0n) is 20.8. The largest absolute Gasteiger partial charge is 0.396 e. The maximum atomic E-state index is 13.3. The molecule has 3 aromatic heterocycles. The van der Waals surface area contributed by atoms with E-state index in [-0.39, 0.29) is 18.2 Å². The molecule has 0 aliphatic heterocycles. The first-order valence-electron chi connectivity index (χ1n) is 12.5. The van der Waals surface area contributed by atoms with Crippen molar-refractivity contribution >= 4 is 28.4 Å². The Morgan fingerprint density at radius 3 is 2.54 bits per heavy atom. The lowest BCUT2D eigenvalue weighted by Crippen LogP contribution is -2.28. The minimum Gasteiger partial charge on any atom is -0.396 e. The van der Waals surface area contributed by atoms with E-state index in [1.807, 2.05) is 18.3 Å². The van der Waals surface area contributed by atoms with Gasteiger partial charge in [0.2, 0.25) is 0 Å². The third kappa shape index (κ3) is 4.44. The topological polar surface area (TPSA) is 128 Å². The van der Waals surface area contributed by atoms with Crippen LogP contribution in [0.15, 0.2) is 84.2 Å². The smallest absolute Gasteiger partial charge is 0.267 e. The van der Waals surface area contributed by atoms with Crippen molar-refractivity contribution in [2.45, 2.75) is 18.9 Å². The Hall–Kier alpha value is -4.83. The van der Waals surface area contributed by atoms with Crippen molar-refractivity contribution in [3.63, 3.8) is 0 Å². The fraction of sp³-hybridized carbons (Fsp3) is 0.172. The van der Waals surface area contributed by atoms with Gasteiger partial charge in [-0.05, 0) is 72.9 Å². The Kier molecular flexibility index (Phi) is 6.16. The van der Waals surface area contributed by atoms with Gasteiger partial charge in [-0.3, -0.25) is 14.2 Å². The van der Waals surface area contributed by atoms with Crippen LogP contribution in [0.5, 0.6) is 0 Å². The maximum Gasteiger partial charge on any atom is 0.267 e. The number of nitrogen functional groups attached to an aromatic ring is 1. The number of hydrogen-bond acceptors (Lipinski definition) is 6. The lowest BCUT2D eigenvalue weighted by molar-refractivity contribution is 0.102.